The highest BCUT2D eigenvalue weighted by Crippen LogP contribution is 2.30. The van der Waals surface area contributed by atoms with Crippen LogP contribution in [0.2, 0.25) is 10.0 Å². The lowest BCUT2D eigenvalue weighted by molar-refractivity contribution is 0.565. The lowest BCUT2D eigenvalue weighted by atomic mass is 10.2. The summed E-state index contributed by atoms with van der Waals surface area (Å²) in [6, 6.07) is 3.39. The van der Waals surface area contributed by atoms with E-state index in [9.17, 15) is 8.42 Å². The molecule has 2 aromatic rings. The van der Waals surface area contributed by atoms with Crippen molar-refractivity contribution in [2.45, 2.75) is 30.5 Å². The Morgan fingerprint density at radius 3 is 2.62 bits per heavy atom. The number of rotatable bonds is 3. The maximum Gasteiger partial charge on any atom is 0.154 e. The quantitative estimate of drug-likeness (QED) is 0.778. The summed E-state index contributed by atoms with van der Waals surface area (Å²) in [5.74, 6) is 1.09. The van der Waals surface area contributed by atoms with E-state index < -0.39 is 9.84 Å². The molecule has 8 heteroatoms. The van der Waals surface area contributed by atoms with Gasteiger partial charge < -0.3 is 4.57 Å². The van der Waals surface area contributed by atoms with Crippen LogP contribution in [0.5, 0.6) is 0 Å². The summed E-state index contributed by atoms with van der Waals surface area (Å²) in [6.07, 6.45) is 1.38. The van der Waals surface area contributed by atoms with Gasteiger partial charge in [0.2, 0.25) is 0 Å². The van der Waals surface area contributed by atoms with Crippen LogP contribution in [-0.4, -0.2) is 29.0 Å². The first kappa shape index (κ1) is 15.4. The zero-order chi connectivity index (χ0) is 15.2. The highest BCUT2D eigenvalue weighted by molar-refractivity contribution is 7.92. The summed E-state index contributed by atoms with van der Waals surface area (Å²) < 4.78 is 25.9. The molecule has 0 aliphatic carbocycles. The molecule has 1 atom stereocenters. The average Bonchev–Trinajstić information content (AvgIpc) is 2.92. The minimum absolute atomic E-state index is 0.205. The normalized spacial score (nSPS) is 21.2. The van der Waals surface area contributed by atoms with E-state index in [1.54, 1.807) is 12.1 Å². The Bertz CT molecular complexity index is 801. The van der Waals surface area contributed by atoms with E-state index in [0.717, 1.165) is 5.52 Å². The molecular formula is C13H13Cl3N2O2S. The lowest BCUT2D eigenvalue weighted by Gasteiger charge is -2.13. The van der Waals surface area contributed by atoms with Crippen molar-refractivity contribution >= 4 is 55.7 Å². The Hall–Kier alpha value is -0.490. The van der Waals surface area contributed by atoms with Crippen LogP contribution in [0.1, 0.15) is 18.7 Å². The first-order valence-corrected chi connectivity index (χ1v) is 9.54. The summed E-state index contributed by atoms with van der Waals surface area (Å²) in [7, 11) is -3.03. The van der Waals surface area contributed by atoms with Gasteiger partial charge in [0.25, 0.3) is 0 Å². The van der Waals surface area contributed by atoms with Gasteiger partial charge in [-0.15, -0.1) is 11.6 Å². The van der Waals surface area contributed by atoms with Crippen molar-refractivity contribution < 1.29 is 8.42 Å². The number of benzene rings is 1. The predicted octanol–water partition coefficient (Wildman–Crippen LogP) is 3.66. The molecule has 0 saturated carbocycles. The molecule has 1 aliphatic heterocycles. The average molecular weight is 368 g/mol. The molecule has 0 amide bonds. The van der Waals surface area contributed by atoms with Gasteiger partial charge in [-0.25, -0.2) is 13.4 Å². The fourth-order valence-corrected chi connectivity index (χ4v) is 5.07. The first-order valence-electron chi connectivity index (χ1n) is 6.54. The number of hydrogen-bond acceptors (Lipinski definition) is 3. The molecule has 2 heterocycles. The third-order valence-electron chi connectivity index (χ3n) is 3.84. The molecule has 0 N–H and O–H groups in total. The summed E-state index contributed by atoms with van der Waals surface area (Å²) in [6.45, 7) is 0.360. The van der Waals surface area contributed by atoms with Crippen molar-refractivity contribution in [1.29, 1.82) is 0 Å². The number of aromatic nitrogens is 2. The van der Waals surface area contributed by atoms with E-state index in [1.807, 2.05) is 4.57 Å². The second-order valence-electron chi connectivity index (χ2n) is 5.16. The number of halogens is 3. The van der Waals surface area contributed by atoms with Gasteiger partial charge in [-0.2, -0.15) is 0 Å². The van der Waals surface area contributed by atoms with E-state index in [1.165, 1.54) is 0 Å². The molecule has 1 aromatic carbocycles. The molecule has 1 fully saturated rings. The summed E-state index contributed by atoms with van der Waals surface area (Å²) in [4.78, 5) is 4.42. The van der Waals surface area contributed by atoms with Gasteiger partial charge >= 0.3 is 0 Å². The van der Waals surface area contributed by atoms with Gasteiger partial charge in [0.15, 0.2) is 9.84 Å². The lowest BCUT2D eigenvalue weighted by Crippen LogP contribution is -2.23. The number of imidazole rings is 1. The van der Waals surface area contributed by atoms with Crippen LogP contribution in [0.25, 0.3) is 11.0 Å². The minimum atomic E-state index is -3.03. The fourth-order valence-electron chi connectivity index (χ4n) is 2.74. The van der Waals surface area contributed by atoms with E-state index in [0.29, 0.717) is 40.8 Å². The van der Waals surface area contributed by atoms with Crippen molar-refractivity contribution in [3.8, 4) is 0 Å². The zero-order valence-electron chi connectivity index (χ0n) is 11.0. The molecule has 1 unspecified atom stereocenters. The van der Waals surface area contributed by atoms with Crippen LogP contribution in [0.4, 0.5) is 0 Å². The molecule has 21 heavy (non-hydrogen) atoms. The second-order valence-corrected chi connectivity index (χ2v) is 8.64. The number of sulfone groups is 1. The first-order chi connectivity index (χ1) is 9.92. The Kier molecular flexibility index (Phi) is 4.12. The van der Waals surface area contributed by atoms with E-state index in [2.05, 4.69) is 4.98 Å². The Morgan fingerprint density at radius 2 is 2.00 bits per heavy atom. The van der Waals surface area contributed by atoms with Crippen molar-refractivity contribution in [2.24, 2.45) is 0 Å². The standard InChI is InChI=1S/C13H13Cl3N2O2S/c14-6-13-17-11-4-9(15)10(16)5-12(11)18(13)7-8-2-1-3-21(8,19)20/h4-5,8H,1-3,6-7H2. The summed E-state index contributed by atoms with van der Waals surface area (Å²) in [5, 5.41) is 0.454. The second kappa shape index (κ2) is 5.61. The smallest absolute Gasteiger partial charge is 0.154 e. The SMILES string of the molecule is O=S1(=O)CCCC1Cn1c(CCl)nc2cc(Cl)c(Cl)cc21. The van der Waals surface area contributed by atoms with E-state index in [-0.39, 0.29) is 16.9 Å². The highest BCUT2D eigenvalue weighted by Gasteiger charge is 2.32. The predicted molar refractivity (Wildman–Crippen MR) is 86.1 cm³/mol. The van der Waals surface area contributed by atoms with Crippen molar-refractivity contribution in [3.63, 3.8) is 0 Å². The van der Waals surface area contributed by atoms with Gasteiger partial charge in [0.05, 0.1) is 38.0 Å². The monoisotopic (exact) mass is 366 g/mol. The molecular weight excluding hydrogens is 355 g/mol. The molecule has 114 valence electrons. The molecule has 3 rings (SSSR count). The number of hydrogen-bond donors (Lipinski definition) is 0. The van der Waals surface area contributed by atoms with Crippen molar-refractivity contribution in [1.82, 2.24) is 9.55 Å². The summed E-state index contributed by atoms with van der Waals surface area (Å²) in [5.41, 5.74) is 1.44. The van der Waals surface area contributed by atoms with Gasteiger partial charge in [-0.3, -0.25) is 0 Å². The van der Waals surface area contributed by atoms with Gasteiger partial charge in [0.1, 0.15) is 5.82 Å². The molecule has 1 aromatic heterocycles. The fraction of sp³-hybridized carbons (Fsp3) is 0.462. The number of nitrogens with zero attached hydrogens (tertiary/aromatic N) is 2. The summed E-state index contributed by atoms with van der Waals surface area (Å²) >= 11 is 18.0. The minimum Gasteiger partial charge on any atom is -0.326 e. The van der Waals surface area contributed by atoms with Gasteiger partial charge in [-0.1, -0.05) is 23.2 Å². The Labute approximate surface area is 137 Å². The maximum atomic E-state index is 12.0. The molecule has 0 radical (unpaired) electrons. The van der Waals surface area contributed by atoms with Gasteiger partial charge in [-0.05, 0) is 25.0 Å². The van der Waals surface area contributed by atoms with Gasteiger partial charge in [0, 0.05) is 6.54 Å². The van der Waals surface area contributed by atoms with Crippen LogP contribution in [-0.2, 0) is 22.3 Å². The molecule has 0 bridgehead atoms. The molecule has 1 saturated heterocycles. The van der Waals surface area contributed by atoms with E-state index >= 15 is 0 Å². The Balaban J connectivity index is 2.10. The molecule has 1 aliphatic rings. The number of alkyl halides is 1. The molecule has 4 nitrogen and oxygen atoms in total. The number of fused-ring (bicyclic) bond motifs is 1. The third-order valence-corrected chi connectivity index (χ3v) is 7.06. The van der Waals surface area contributed by atoms with Crippen molar-refractivity contribution in [3.05, 3.63) is 28.0 Å². The Morgan fingerprint density at radius 1 is 1.29 bits per heavy atom. The molecule has 0 spiro atoms. The van der Waals surface area contributed by atoms with Crippen LogP contribution >= 0.6 is 34.8 Å². The van der Waals surface area contributed by atoms with Crippen LogP contribution < -0.4 is 0 Å². The highest BCUT2D eigenvalue weighted by atomic mass is 35.5. The topological polar surface area (TPSA) is 52.0 Å². The largest absolute Gasteiger partial charge is 0.326 e. The van der Waals surface area contributed by atoms with Crippen LogP contribution in [0.15, 0.2) is 12.1 Å². The van der Waals surface area contributed by atoms with Crippen molar-refractivity contribution in [2.75, 3.05) is 5.75 Å². The van der Waals surface area contributed by atoms with Crippen LogP contribution in [0.3, 0.4) is 0 Å². The third kappa shape index (κ3) is 2.77. The maximum absolute atomic E-state index is 12.0. The van der Waals surface area contributed by atoms with Crippen LogP contribution in [0, 0.1) is 0 Å². The van der Waals surface area contributed by atoms with E-state index in [4.69, 9.17) is 34.8 Å². The zero-order valence-corrected chi connectivity index (χ0v) is 14.1.